The number of piperidine rings is 1. The normalized spacial score (nSPS) is 15.1. The van der Waals surface area contributed by atoms with Crippen LogP contribution >= 0.6 is 11.6 Å². The molecule has 1 aromatic heterocycles. The van der Waals surface area contributed by atoms with E-state index in [-0.39, 0.29) is 33.7 Å². The number of benzene rings is 2. The van der Waals surface area contributed by atoms with Crippen molar-refractivity contribution in [1.82, 2.24) is 14.3 Å². The Hall–Kier alpha value is -2.75. The zero-order chi connectivity index (χ0) is 22.0. The van der Waals surface area contributed by atoms with Crippen molar-refractivity contribution in [3.05, 3.63) is 58.9 Å². The van der Waals surface area contributed by atoms with Gasteiger partial charge in [-0.3, -0.25) is 0 Å². The number of esters is 1. The van der Waals surface area contributed by atoms with Crippen LogP contribution in [0.25, 0.3) is 10.9 Å². The number of nitrogens with zero attached hydrogens (tertiary/aromatic N) is 3. The van der Waals surface area contributed by atoms with Crippen molar-refractivity contribution in [3.8, 4) is 0 Å². The SMILES string of the molecule is Nc1nc(COC(=O)c2ccc(Cl)c(S(=O)(=O)N3CCCCC3)c2)nc2ccccc12. The number of fused-ring (bicyclic) bond motifs is 1. The van der Waals surface area contributed by atoms with Crippen molar-refractivity contribution >= 4 is 44.3 Å². The van der Waals surface area contributed by atoms with E-state index in [0.29, 0.717) is 24.0 Å². The molecule has 0 radical (unpaired) electrons. The van der Waals surface area contributed by atoms with Crippen LogP contribution < -0.4 is 5.73 Å². The number of sulfonamides is 1. The molecule has 0 amide bonds. The third-order valence-electron chi connectivity index (χ3n) is 5.11. The molecule has 2 aromatic carbocycles. The summed E-state index contributed by atoms with van der Waals surface area (Å²) in [6.45, 7) is 0.673. The van der Waals surface area contributed by atoms with E-state index >= 15 is 0 Å². The maximum atomic E-state index is 13.0. The third-order valence-corrected chi connectivity index (χ3v) is 7.49. The first-order valence-electron chi connectivity index (χ1n) is 9.84. The minimum atomic E-state index is -3.79. The molecule has 4 rings (SSSR count). The maximum Gasteiger partial charge on any atom is 0.338 e. The number of halogens is 1. The fourth-order valence-electron chi connectivity index (χ4n) is 3.50. The van der Waals surface area contributed by atoms with Crippen LogP contribution in [0.3, 0.4) is 0 Å². The first kappa shape index (κ1) is 21.5. The molecule has 3 aromatic rings. The van der Waals surface area contributed by atoms with Gasteiger partial charge in [-0.15, -0.1) is 0 Å². The van der Waals surface area contributed by atoms with Gasteiger partial charge in [0.05, 0.1) is 16.1 Å². The summed E-state index contributed by atoms with van der Waals surface area (Å²) in [6.07, 6.45) is 2.59. The highest BCUT2D eigenvalue weighted by atomic mass is 35.5. The minimum absolute atomic E-state index is 0.0627. The Labute approximate surface area is 185 Å². The molecule has 0 unspecified atom stereocenters. The van der Waals surface area contributed by atoms with Gasteiger partial charge in [0.15, 0.2) is 12.4 Å². The minimum Gasteiger partial charge on any atom is -0.454 e. The van der Waals surface area contributed by atoms with Crippen molar-refractivity contribution in [1.29, 1.82) is 0 Å². The second-order valence-electron chi connectivity index (χ2n) is 7.23. The zero-order valence-electron chi connectivity index (χ0n) is 16.6. The predicted octanol–water partition coefficient (Wildman–Crippen LogP) is 3.40. The molecule has 2 heterocycles. The number of para-hydroxylation sites is 1. The van der Waals surface area contributed by atoms with Crippen LogP contribution in [0, 0.1) is 0 Å². The van der Waals surface area contributed by atoms with E-state index in [4.69, 9.17) is 22.1 Å². The molecule has 8 nitrogen and oxygen atoms in total. The summed E-state index contributed by atoms with van der Waals surface area (Å²) < 4.78 is 32.7. The van der Waals surface area contributed by atoms with Crippen molar-refractivity contribution < 1.29 is 17.9 Å². The van der Waals surface area contributed by atoms with Gasteiger partial charge in [0.2, 0.25) is 10.0 Å². The highest BCUT2D eigenvalue weighted by Crippen LogP contribution is 2.28. The lowest BCUT2D eigenvalue weighted by Crippen LogP contribution is -2.35. The number of nitrogen functional groups attached to an aromatic ring is 1. The second-order valence-corrected chi connectivity index (χ2v) is 9.54. The molecule has 1 aliphatic heterocycles. The molecule has 1 aliphatic rings. The predicted molar refractivity (Wildman–Crippen MR) is 117 cm³/mol. The van der Waals surface area contributed by atoms with Crippen molar-refractivity contribution in [3.63, 3.8) is 0 Å². The van der Waals surface area contributed by atoms with E-state index in [0.717, 1.165) is 19.3 Å². The Bertz CT molecular complexity index is 1240. The molecule has 1 saturated heterocycles. The van der Waals surface area contributed by atoms with E-state index in [1.165, 1.54) is 22.5 Å². The van der Waals surface area contributed by atoms with Crippen LogP contribution in [0.2, 0.25) is 5.02 Å². The van der Waals surface area contributed by atoms with Gasteiger partial charge in [-0.2, -0.15) is 4.31 Å². The monoisotopic (exact) mass is 460 g/mol. The molecule has 31 heavy (non-hydrogen) atoms. The molecular formula is C21H21ClN4O4S. The van der Waals surface area contributed by atoms with Crippen LogP contribution in [0.15, 0.2) is 47.4 Å². The summed E-state index contributed by atoms with van der Waals surface area (Å²) in [7, 11) is -3.79. The van der Waals surface area contributed by atoms with E-state index in [1.807, 2.05) is 12.1 Å². The number of carbonyl (C=O) groups is 1. The summed E-state index contributed by atoms with van der Waals surface area (Å²) in [5, 5.41) is 0.774. The van der Waals surface area contributed by atoms with Gasteiger partial charge in [-0.25, -0.2) is 23.2 Å². The molecule has 0 spiro atoms. The zero-order valence-corrected chi connectivity index (χ0v) is 18.2. The Kier molecular flexibility index (Phi) is 6.08. The molecule has 10 heteroatoms. The summed E-state index contributed by atoms with van der Waals surface area (Å²) in [5.74, 6) is -0.167. The highest BCUT2D eigenvalue weighted by molar-refractivity contribution is 7.89. The Morgan fingerprint density at radius 3 is 2.61 bits per heavy atom. The number of nitrogens with two attached hydrogens (primary N) is 1. The molecule has 2 N–H and O–H groups in total. The van der Waals surface area contributed by atoms with Crippen LogP contribution in [0.5, 0.6) is 0 Å². The molecule has 0 aliphatic carbocycles. The van der Waals surface area contributed by atoms with Gasteiger partial charge in [0.25, 0.3) is 0 Å². The summed E-state index contributed by atoms with van der Waals surface area (Å²) >= 11 is 6.16. The fourth-order valence-corrected chi connectivity index (χ4v) is 5.52. The molecule has 0 saturated carbocycles. The Morgan fingerprint density at radius 1 is 1.10 bits per heavy atom. The van der Waals surface area contributed by atoms with Gasteiger partial charge in [-0.1, -0.05) is 30.2 Å². The molecular weight excluding hydrogens is 440 g/mol. The quantitative estimate of drug-likeness (QED) is 0.580. The lowest BCUT2D eigenvalue weighted by molar-refractivity contribution is 0.0462. The van der Waals surface area contributed by atoms with Gasteiger partial charge in [0.1, 0.15) is 10.7 Å². The van der Waals surface area contributed by atoms with Crippen molar-refractivity contribution in [2.24, 2.45) is 0 Å². The van der Waals surface area contributed by atoms with Crippen LogP contribution in [0.4, 0.5) is 5.82 Å². The average molecular weight is 461 g/mol. The largest absolute Gasteiger partial charge is 0.454 e. The van der Waals surface area contributed by atoms with Crippen molar-refractivity contribution in [2.75, 3.05) is 18.8 Å². The van der Waals surface area contributed by atoms with E-state index < -0.39 is 16.0 Å². The topological polar surface area (TPSA) is 115 Å². The number of rotatable bonds is 5. The number of ether oxygens (including phenoxy) is 1. The molecule has 0 atom stereocenters. The number of carbonyl (C=O) groups excluding carboxylic acids is 1. The number of aromatic nitrogens is 2. The van der Waals surface area contributed by atoms with Crippen LogP contribution in [-0.4, -0.2) is 41.7 Å². The summed E-state index contributed by atoms with van der Waals surface area (Å²) in [4.78, 5) is 21.0. The molecule has 0 bridgehead atoms. The van der Waals surface area contributed by atoms with E-state index in [1.54, 1.807) is 12.1 Å². The van der Waals surface area contributed by atoms with E-state index in [9.17, 15) is 13.2 Å². The summed E-state index contributed by atoms with van der Waals surface area (Å²) in [6, 6.07) is 11.3. The standard InChI is InChI=1S/C21H21ClN4O4S/c22-16-9-8-14(12-18(16)31(28,29)26-10-4-1-5-11-26)21(27)30-13-19-24-17-7-3-2-6-15(17)20(23)25-19/h2-3,6-9,12H,1,4-5,10-11,13H2,(H2,23,24,25). The van der Waals surface area contributed by atoms with Gasteiger partial charge < -0.3 is 10.5 Å². The van der Waals surface area contributed by atoms with Gasteiger partial charge in [-0.05, 0) is 43.2 Å². The molecule has 162 valence electrons. The maximum absolute atomic E-state index is 13.0. The first-order valence-corrected chi connectivity index (χ1v) is 11.7. The number of anilines is 1. The average Bonchev–Trinajstić information content (AvgIpc) is 2.78. The molecule has 1 fully saturated rings. The van der Waals surface area contributed by atoms with Crippen LogP contribution in [-0.2, 0) is 21.4 Å². The Balaban J connectivity index is 1.53. The van der Waals surface area contributed by atoms with E-state index in [2.05, 4.69) is 9.97 Å². The number of hydrogen-bond acceptors (Lipinski definition) is 7. The van der Waals surface area contributed by atoms with Gasteiger partial charge >= 0.3 is 5.97 Å². The first-order chi connectivity index (χ1) is 14.9. The summed E-state index contributed by atoms with van der Waals surface area (Å²) in [5.41, 5.74) is 6.67. The lowest BCUT2D eigenvalue weighted by Gasteiger charge is -2.26. The fraction of sp³-hybridized carbons (Fsp3) is 0.286. The third kappa shape index (κ3) is 4.48. The lowest BCUT2D eigenvalue weighted by atomic mass is 10.2. The van der Waals surface area contributed by atoms with Crippen molar-refractivity contribution in [2.45, 2.75) is 30.8 Å². The smallest absolute Gasteiger partial charge is 0.338 e. The van der Waals surface area contributed by atoms with Gasteiger partial charge in [0, 0.05) is 18.5 Å². The number of hydrogen-bond donors (Lipinski definition) is 1. The highest BCUT2D eigenvalue weighted by Gasteiger charge is 2.29. The Morgan fingerprint density at radius 2 is 1.84 bits per heavy atom. The second kappa shape index (κ2) is 8.78. The van der Waals surface area contributed by atoms with Crippen LogP contribution in [0.1, 0.15) is 35.4 Å².